The highest BCUT2D eigenvalue weighted by Crippen LogP contribution is 2.23. The first-order chi connectivity index (χ1) is 12.8. The van der Waals surface area contributed by atoms with Crippen LogP contribution in [0.15, 0.2) is 36.5 Å². The zero-order valence-electron chi connectivity index (χ0n) is 14.8. The number of carboxylic acid groups (broad SMARTS) is 1. The van der Waals surface area contributed by atoms with Gasteiger partial charge in [-0.25, -0.2) is 0 Å². The monoisotopic (exact) mass is 387 g/mol. The minimum Gasteiger partial charge on any atom is -0.480 e. The zero-order chi connectivity index (χ0) is 19.6. The van der Waals surface area contributed by atoms with Crippen molar-refractivity contribution >= 4 is 29.2 Å². The lowest BCUT2D eigenvalue weighted by molar-refractivity contribution is -0.137. The van der Waals surface area contributed by atoms with Crippen LogP contribution in [0.25, 0.3) is 0 Å². The molecule has 2 aromatic heterocycles. The van der Waals surface area contributed by atoms with Gasteiger partial charge in [-0.15, -0.1) is 0 Å². The van der Waals surface area contributed by atoms with Crippen molar-refractivity contribution in [1.82, 2.24) is 19.6 Å². The summed E-state index contributed by atoms with van der Waals surface area (Å²) >= 11 is 6.21. The Labute approximate surface area is 160 Å². The maximum Gasteiger partial charge on any atom is 0.325 e. The standard InChI is InChI=1S/C18H18ClN5O3/c1-11-17(20-18(27)15-7-8-23(22-15)10-16(25)26)12(2)24(21-11)9-13-5-3-4-6-14(13)19/h3-8H,9-10H2,1-2H3,(H,20,27)(H,25,26). The molecule has 0 radical (unpaired) electrons. The molecule has 3 aromatic rings. The maximum atomic E-state index is 12.4. The predicted molar refractivity (Wildman–Crippen MR) is 100 cm³/mol. The van der Waals surface area contributed by atoms with E-state index in [0.29, 0.717) is 22.9 Å². The number of carbonyl (C=O) groups is 2. The molecule has 9 heteroatoms. The number of amides is 1. The second kappa shape index (κ2) is 7.63. The number of rotatable bonds is 6. The van der Waals surface area contributed by atoms with E-state index in [-0.39, 0.29) is 12.2 Å². The molecular formula is C18H18ClN5O3. The van der Waals surface area contributed by atoms with E-state index < -0.39 is 11.9 Å². The van der Waals surface area contributed by atoms with E-state index in [1.54, 1.807) is 11.6 Å². The molecule has 140 valence electrons. The van der Waals surface area contributed by atoms with Crippen LogP contribution < -0.4 is 5.32 Å². The number of benzene rings is 1. The highest BCUT2D eigenvalue weighted by atomic mass is 35.5. The number of anilines is 1. The minimum absolute atomic E-state index is 0.133. The third-order valence-corrected chi connectivity index (χ3v) is 4.44. The average molecular weight is 388 g/mol. The molecule has 0 bridgehead atoms. The summed E-state index contributed by atoms with van der Waals surface area (Å²) in [5.74, 6) is -1.46. The molecule has 0 spiro atoms. The van der Waals surface area contributed by atoms with Crippen LogP contribution in [0.5, 0.6) is 0 Å². The molecule has 27 heavy (non-hydrogen) atoms. The number of aliphatic carboxylic acids is 1. The molecule has 0 unspecified atom stereocenters. The van der Waals surface area contributed by atoms with Crippen LogP contribution in [0.1, 0.15) is 27.4 Å². The van der Waals surface area contributed by atoms with Gasteiger partial charge in [0.05, 0.1) is 23.6 Å². The first-order valence-corrected chi connectivity index (χ1v) is 8.57. The van der Waals surface area contributed by atoms with Gasteiger partial charge in [-0.2, -0.15) is 10.2 Å². The number of halogens is 1. The van der Waals surface area contributed by atoms with Gasteiger partial charge in [0.25, 0.3) is 5.91 Å². The molecule has 0 saturated carbocycles. The summed E-state index contributed by atoms with van der Waals surface area (Å²) in [6.07, 6.45) is 1.45. The summed E-state index contributed by atoms with van der Waals surface area (Å²) in [7, 11) is 0. The Hall–Kier alpha value is -3.13. The zero-order valence-corrected chi connectivity index (χ0v) is 15.6. The van der Waals surface area contributed by atoms with Crippen LogP contribution in [0, 0.1) is 13.8 Å². The van der Waals surface area contributed by atoms with Gasteiger partial charge >= 0.3 is 5.97 Å². The summed E-state index contributed by atoms with van der Waals surface area (Å²) in [6.45, 7) is 3.83. The molecule has 3 rings (SSSR count). The lowest BCUT2D eigenvalue weighted by Crippen LogP contribution is -2.16. The predicted octanol–water partition coefficient (Wildman–Crippen LogP) is 2.74. The minimum atomic E-state index is -1.03. The third kappa shape index (κ3) is 4.17. The Morgan fingerprint density at radius 2 is 1.93 bits per heavy atom. The first kappa shape index (κ1) is 18.7. The van der Waals surface area contributed by atoms with Gasteiger partial charge in [-0.3, -0.25) is 19.0 Å². The van der Waals surface area contributed by atoms with E-state index in [9.17, 15) is 9.59 Å². The molecule has 1 aromatic carbocycles. The summed E-state index contributed by atoms with van der Waals surface area (Å²) in [4.78, 5) is 23.2. The van der Waals surface area contributed by atoms with Crippen molar-refractivity contribution in [2.75, 3.05) is 5.32 Å². The van der Waals surface area contributed by atoms with Crippen molar-refractivity contribution in [3.05, 3.63) is 64.2 Å². The van der Waals surface area contributed by atoms with E-state index in [4.69, 9.17) is 16.7 Å². The lowest BCUT2D eigenvalue weighted by Gasteiger charge is -2.08. The number of carboxylic acids is 1. The number of nitrogens with one attached hydrogen (secondary N) is 1. The van der Waals surface area contributed by atoms with Crippen molar-refractivity contribution in [3.63, 3.8) is 0 Å². The molecule has 2 N–H and O–H groups in total. The molecule has 0 aliphatic carbocycles. The average Bonchev–Trinajstić information content (AvgIpc) is 3.17. The normalized spacial score (nSPS) is 10.8. The van der Waals surface area contributed by atoms with Crippen molar-refractivity contribution in [3.8, 4) is 0 Å². The molecule has 0 aliphatic heterocycles. The quantitative estimate of drug-likeness (QED) is 0.677. The smallest absolute Gasteiger partial charge is 0.325 e. The third-order valence-electron chi connectivity index (χ3n) is 4.07. The summed E-state index contributed by atoms with van der Waals surface area (Å²) in [6, 6.07) is 8.98. The number of aryl methyl sites for hydroxylation is 1. The number of carbonyl (C=O) groups excluding carboxylic acids is 1. The van der Waals surface area contributed by atoms with Gasteiger partial charge in [-0.1, -0.05) is 29.8 Å². The maximum absolute atomic E-state index is 12.4. The molecule has 0 aliphatic rings. The van der Waals surface area contributed by atoms with Crippen molar-refractivity contribution in [2.24, 2.45) is 0 Å². The van der Waals surface area contributed by atoms with Crippen molar-refractivity contribution < 1.29 is 14.7 Å². The molecular weight excluding hydrogens is 370 g/mol. The fourth-order valence-corrected chi connectivity index (χ4v) is 2.90. The second-order valence-corrected chi connectivity index (χ2v) is 6.45. The number of aromatic nitrogens is 4. The first-order valence-electron chi connectivity index (χ1n) is 8.19. The highest BCUT2D eigenvalue weighted by molar-refractivity contribution is 6.31. The van der Waals surface area contributed by atoms with Gasteiger partial charge in [0.15, 0.2) is 5.69 Å². The van der Waals surface area contributed by atoms with Crippen molar-refractivity contribution in [2.45, 2.75) is 26.9 Å². The van der Waals surface area contributed by atoms with Crippen LogP contribution in [-0.4, -0.2) is 36.5 Å². The van der Waals surface area contributed by atoms with Gasteiger partial charge in [0, 0.05) is 11.2 Å². The van der Waals surface area contributed by atoms with Gasteiger partial charge < -0.3 is 10.4 Å². The summed E-state index contributed by atoms with van der Waals surface area (Å²) in [5.41, 5.74) is 3.10. The largest absolute Gasteiger partial charge is 0.480 e. The SMILES string of the molecule is Cc1nn(Cc2ccccc2Cl)c(C)c1NC(=O)c1ccn(CC(=O)O)n1. The molecule has 0 saturated heterocycles. The van der Waals surface area contributed by atoms with Gasteiger partial charge in [0.2, 0.25) is 0 Å². The van der Waals surface area contributed by atoms with Gasteiger partial charge in [-0.05, 0) is 31.5 Å². The van der Waals surface area contributed by atoms with E-state index in [0.717, 1.165) is 11.3 Å². The fourth-order valence-electron chi connectivity index (χ4n) is 2.71. The fraction of sp³-hybridized carbons (Fsp3) is 0.222. The van der Waals surface area contributed by atoms with E-state index in [2.05, 4.69) is 15.5 Å². The summed E-state index contributed by atoms with van der Waals surface area (Å²) < 4.78 is 2.97. The highest BCUT2D eigenvalue weighted by Gasteiger charge is 2.17. The van der Waals surface area contributed by atoms with Crippen LogP contribution in [0.4, 0.5) is 5.69 Å². The van der Waals surface area contributed by atoms with Crippen LogP contribution in [-0.2, 0) is 17.9 Å². The van der Waals surface area contributed by atoms with E-state index in [1.165, 1.54) is 16.9 Å². The molecule has 2 heterocycles. The Bertz CT molecular complexity index is 1010. The van der Waals surface area contributed by atoms with Crippen LogP contribution in [0.3, 0.4) is 0 Å². The topological polar surface area (TPSA) is 102 Å². The van der Waals surface area contributed by atoms with E-state index >= 15 is 0 Å². The Balaban J connectivity index is 1.78. The van der Waals surface area contributed by atoms with Crippen LogP contribution >= 0.6 is 11.6 Å². The van der Waals surface area contributed by atoms with Gasteiger partial charge in [0.1, 0.15) is 6.54 Å². The summed E-state index contributed by atoms with van der Waals surface area (Å²) in [5, 5.41) is 20.7. The number of hydrogen-bond donors (Lipinski definition) is 2. The Morgan fingerprint density at radius 3 is 2.63 bits per heavy atom. The molecule has 8 nitrogen and oxygen atoms in total. The second-order valence-electron chi connectivity index (χ2n) is 6.04. The van der Waals surface area contributed by atoms with Crippen molar-refractivity contribution in [1.29, 1.82) is 0 Å². The molecule has 1 amide bonds. The number of nitrogens with zero attached hydrogens (tertiary/aromatic N) is 4. The lowest BCUT2D eigenvalue weighted by atomic mass is 10.2. The Kier molecular flexibility index (Phi) is 5.27. The van der Waals surface area contributed by atoms with E-state index in [1.807, 2.05) is 31.2 Å². The number of hydrogen-bond acceptors (Lipinski definition) is 4. The Morgan fingerprint density at radius 1 is 1.19 bits per heavy atom. The van der Waals surface area contributed by atoms with Crippen LogP contribution in [0.2, 0.25) is 5.02 Å². The molecule has 0 fully saturated rings. The molecule has 0 atom stereocenters.